The van der Waals surface area contributed by atoms with Gasteiger partial charge in [-0.15, -0.1) is 0 Å². The molecule has 2 aromatic heterocycles. The summed E-state index contributed by atoms with van der Waals surface area (Å²) in [7, 11) is 0.765. The third-order valence-electron chi connectivity index (χ3n) is 16.4. The molecule has 2 aliphatic carbocycles. The molecule has 1 N–H and O–H groups in total. The van der Waals surface area contributed by atoms with Crippen LogP contribution in [0.1, 0.15) is 76.3 Å². The standard InChI is InChI=1S/C66H53BN2O/c1-64(2,3)40-26-28-41(29-27-40)68-57-36-54-46(42-22-14-16-24-52(42)65(54,4)5)32-48(57)44-30-31-45-49-33-47-43-23-15-17-25-53(43)66(6,7)55(47)37-58(49)69-59-35-51-50(34-56(59)67-60(44)61(45)69)62(38-18-10-8-11-19-38)70-63(51)39-20-12-9-13-21-39/h8-37,67-68H,1-7H3. The quantitative estimate of drug-likeness (QED) is 0.174. The van der Waals surface area contributed by atoms with Crippen molar-refractivity contribution >= 4 is 62.2 Å². The Hall–Kier alpha value is -7.82. The molecule has 9 aromatic carbocycles. The van der Waals surface area contributed by atoms with E-state index >= 15 is 0 Å². The van der Waals surface area contributed by atoms with Crippen molar-refractivity contribution in [1.82, 2.24) is 4.57 Å². The normalized spacial score (nSPS) is 14.6. The zero-order valence-corrected chi connectivity index (χ0v) is 40.9. The molecule has 0 saturated heterocycles. The summed E-state index contributed by atoms with van der Waals surface area (Å²) in [6, 6.07) is 68.1. The first-order valence-electron chi connectivity index (χ1n) is 25.0. The summed E-state index contributed by atoms with van der Waals surface area (Å²) in [4.78, 5) is 0. The number of fused-ring (bicyclic) bond motifs is 12. The van der Waals surface area contributed by atoms with Crippen molar-refractivity contribution in [2.75, 3.05) is 5.32 Å². The molecule has 0 bridgehead atoms. The van der Waals surface area contributed by atoms with Gasteiger partial charge in [0, 0.05) is 71.6 Å². The van der Waals surface area contributed by atoms with E-state index in [0.29, 0.717) is 0 Å². The molecular formula is C66H53BN2O. The molecule has 0 spiro atoms. The Labute approximate surface area is 410 Å². The molecule has 70 heavy (non-hydrogen) atoms. The lowest BCUT2D eigenvalue weighted by Gasteiger charge is -2.26. The van der Waals surface area contributed by atoms with Gasteiger partial charge >= 0.3 is 0 Å². The smallest absolute Gasteiger partial charge is 0.198 e. The van der Waals surface area contributed by atoms with E-state index in [1.807, 2.05) is 0 Å². The van der Waals surface area contributed by atoms with E-state index in [9.17, 15) is 0 Å². The highest BCUT2D eigenvalue weighted by atomic mass is 16.3. The minimum absolute atomic E-state index is 0.0617. The molecule has 3 heterocycles. The number of anilines is 2. The second kappa shape index (κ2) is 14.4. The van der Waals surface area contributed by atoms with Gasteiger partial charge in [0.2, 0.25) is 0 Å². The maximum absolute atomic E-state index is 7.06. The molecule has 0 amide bonds. The Balaban J connectivity index is 1.07. The first kappa shape index (κ1) is 41.2. The second-order valence-electron chi connectivity index (χ2n) is 22.2. The van der Waals surface area contributed by atoms with Gasteiger partial charge in [-0.05, 0) is 109 Å². The molecule has 0 atom stereocenters. The van der Waals surface area contributed by atoms with Gasteiger partial charge in [-0.3, -0.25) is 0 Å². The summed E-state index contributed by atoms with van der Waals surface area (Å²) in [5.41, 5.74) is 25.0. The third kappa shape index (κ3) is 5.77. The highest BCUT2D eigenvalue weighted by molar-refractivity contribution is 6.73. The monoisotopic (exact) mass is 900 g/mol. The van der Waals surface area contributed by atoms with E-state index < -0.39 is 0 Å². The summed E-state index contributed by atoms with van der Waals surface area (Å²) in [5.74, 6) is 1.80. The van der Waals surface area contributed by atoms with Gasteiger partial charge in [0.05, 0.1) is 5.52 Å². The minimum atomic E-state index is -0.154. The molecule has 336 valence electrons. The van der Waals surface area contributed by atoms with Crippen LogP contribution in [0.3, 0.4) is 0 Å². The Morgan fingerprint density at radius 1 is 0.471 bits per heavy atom. The lowest BCUT2D eigenvalue weighted by Crippen LogP contribution is -2.37. The number of rotatable bonds is 5. The van der Waals surface area contributed by atoms with E-state index in [0.717, 1.165) is 52.1 Å². The van der Waals surface area contributed by atoms with Crippen molar-refractivity contribution < 1.29 is 4.42 Å². The Morgan fingerprint density at radius 3 is 1.67 bits per heavy atom. The molecule has 3 aliphatic rings. The van der Waals surface area contributed by atoms with Gasteiger partial charge < -0.3 is 14.3 Å². The minimum Gasteiger partial charge on any atom is -0.455 e. The number of nitrogens with zero attached hydrogens (tertiary/aromatic N) is 1. The van der Waals surface area contributed by atoms with Gasteiger partial charge in [-0.2, -0.15) is 0 Å². The molecule has 4 heteroatoms. The van der Waals surface area contributed by atoms with Crippen molar-refractivity contribution in [3.63, 3.8) is 0 Å². The van der Waals surface area contributed by atoms with Gasteiger partial charge in [-0.1, -0.05) is 193 Å². The van der Waals surface area contributed by atoms with E-state index in [-0.39, 0.29) is 16.2 Å². The highest BCUT2D eigenvalue weighted by Crippen LogP contribution is 2.54. The molecule has 0 radical (unpaired) electrons. The van der Waals surface area contributed by atoms with Gasteiger partial charge in [0.25, 0.3) is 0 Å². The van der Waals surface area contributed by atoms with Crippen molar-refractivity contribution in [3.8, 4) is 61.7 Å². The number of nitrogens with one attached hydrogen (secondary N) is 1. The van der Waals surface area contributed by atoms with E-state index in [2.05, 4.69) is 240 Å². The van der Waals surface area contributed by atoms with Crippen LogP contribution < -0.4 is 16.2 Å². The molecule has 1 aliphatic heterocycles. The van der Waals surface area contributed by atoms with Crippen LogP contribution in [-0.4, -0.2) is 11.8 Å². The summed E-state index contributed by atoms with van der Waals surface area (Å²) in [6.07, 6.45) is 0. The van der Waals surface area contributed by atoms with Crippen LogP contribution in [0.4, 0.5) is 11.4 Å². The van der Waals surface area contributed by atoms with Crippen LogP contribution in [0.15, 0.2) is 186 Å². The van der Waals surface area contributed by atoms with E-state index in [1.165, 1.54) is 99.6 Å². The molecule has 14 rings (SSSR count). The van der Waals surface area contributed by atoms with Crippen LogP contribution in [0.5, 0.6) is 0 Å². The van der Waals surface area contributed by atoms with Crippen LogP contribution in [-0.2, 0) is 16.2 Å². The molecule has 0 saturated carbocycles. The first-order valence-corrected chi connectivity index (χ1v) is 25.0. The second-order valence-corrected chi connectivity index (χ2v) is 22.2. The van der Waals surface area contributed by atoms with Crippen molar-refractivity contribution in [1.29, 1.82) is 0 Å². The van der Waals surface area contributed by atoms with Crippen LogP contribution in [0.2, 0.25) is 0 Å². The van der Waals surface area contributed by atoms with Crippen molar-refractivity contribution in [3.05, 3.63) is 210 Å². The topological polar surface area (TPSA) is 30.1 Å². The molecule has 11 aromatic rings. The average Bonchev–Trinajstić information content (AvgIpc) is 4.04. The van der Waals surface area contributed by atoms with E-state index in [1.54, 1.807) is 0 Å². The summed E-state index contributed by atoms with van der Waals surface area (Å²) < 4.78 is 9.68. The fourth-order valence-corrected chi connectivity index (χ4v) is 12.7. The Kier molecular flexibility index (Phi) is 8.45. The predicted octanol–water partition coefficient (Wildman–Crippen LogP) is 15.9. The number of hydrogen-bond donors (Lipinski definition) is 1. The summed E-state index contributed by atoms with van der Waals surface area (Å²) >= 11 is 0. The first-order chi connectivity index (χ1) is 33.8. The van der Waals surface area contributed by atoms with Crippen LogP contribution in [0, 0.1) is 0 Å². The largest absolute Gasteiger partial charge is 0.455 e. The molecule has 0 fully saturated rings. The van der Waals surface area contributed by atoms with Crippen molar-refractivity contribution in [2.24, 2.45) is 0 Å². The maximum atomic E-state index is 7.06. The third-order valence-corrected chi connectivity index (χ3v) is 16.4. The van der Waals surface area contributed by atoms with Crippen LogP contribution >= 0.6 is 0 Å². The summed E-state index contributed by atoms with van der Waals surface area (Å²) in [5, 5.41) is 8.84. The SMILES string of the molecule is CC(C)(C)c1ccc(Nc2cc3c(cc2-c2ccc4c5cc6c(cc5n5c4c2Bc2cc4c(-c7ccccc7)oc(-c7ccccc7)c4cc2-5)C(C)(C)c2ccccc2-6)-c2ccccc2C3(C)C)cc1. The zero-order valence-electron chi connectivity index (χ0n) is 40.9. The Bertz CT molecular complexity index is 4010. The molecule has 3 nitrogen and oxygen atoms in total. The lowest BCUT2D eigenvalue weighted by atomic mass is 9.58. The van der Waals surface area contributed by atoms with Crippen molar-refractivity contribution in [2.45, 2.75) is 64.7 Å². The predicted molar refractivity (Wildman–Crippen MR) is 297 cm³/mol. The molecule has 0 unspecified atom stereocenters. The number of hydrogen-bond acceptors (Lipinski definition) is 2. The molecular weight excluding hydrogens is 848 g/mol. The summed E-state index contributed by atoms with van der Waals surface area (Å²) in [6.45, 7) is 16.4. The van der Waals surface area contributed by atoms with Gasteiger partial charge in [-0.25, -0.2) is 0 Å². The lowest BCUT2D eigenvalue weighted by molar-refractivity contribution is 0.590. The highest BCUT2D eigenvalue weighted by Gasteiger charge is 2.39. The number of furan rings is 1. The van der Waals surface area contributed by atoms with E-state index in [4.69, 9.17) is 4.42 Å². The zero-order chi connectivity index (χ0) is 47.4. The van der Waals surface area contributed by atoms with Gasteiger partial charge in [0.1, 0.15) is 11.5 Å². The Morgan fingerprint density at radius 2 is 1.04 bits per heavy atom. The number of aromatic nitrogens is 1. The number of benzene rings is 9. The average molecular weight is 901 g/mol. The van der Waals surface area contributed by atoms with Gasteiger partial charge in [0.15, 0.2) is 7.28 Å². The fourth-order valence-electron chi connectivity index (χ4n) is 12.7. The maximum Gasteiger partial charge on any atom is 0.198 e. The van der Waals surface area contributed by atoms with Crippen LogP contribution in [0.25, 0.3) is 94.3 Å². The fraction of sp³-hybridized carbons (Fsp3) is 0.152.